The van der Waals surface area contributed by atoms with Gasteiger partial charge in [0.15, 0.2) is 10.8 Å². The third-order valence-electron chi connectivity index (χ3n) is 3.40. The van der Waals surface area contributed by atoms with Crippen LogP contribution in [0.5, 0.6) is 0 Å². The highest BCUT2D eigenvalue weighted by atomic mass is 35.5. The molecule has 0 fully saturated rings. The van der Waals surface area contributed by atoms with Crippen LogP contribution in [0.4, 0.5) is 0 Å². The van der Waals surface area contributed by atoms with Crippen LogP contribution in [0.1, 0.15) is 5.69 Å². The third-order valence-corrected chi connectivity index (χ3v) is 4.54. The molecule has 0 aliphatic heterocycles. The molecule has 0 spiro atoms. The van der Waals surface area contributed by atoms with Crippen molar-refractivity contribution >= 4 is 33.8 Å². The lowest BCUT2D eigenvalue weighted by Crippen LogP contribution is -2.21. The van der Waals surface area contributed by atoms with Crippen molar-refractivity contribution in [3.8, 4) is 10.8 Å². The first-order chi connectivity index (χ1) is 11.2. The van der Waals surface area contributed by atoms with E-state index in [-0.39, 0.29) is 5.56 Å². The Hall–Kier alpha value is -2.44. The molecule has 7 heteroatoms. The number of hydrogen-bond donors (Lipinski definition) is 0. The highest BCUT2D eigenvalue weighted by molar-refractivity contribution is 7.13. The molecule has 0 saturated heterocycles. The van der Waals surface area contributed by atoms with Gasteiger partial charge in [-0.05, 0) is 30.3 Å². The molecule has 114 valence electrons. The fourth-order valence-electron chi connectivity index (χ4n) is 2.31. The summed E-state index contributed by atoms with van der Waals surface area (Å²) in [6, 6.07) is 8.77. The SMILES string of the molecule is O=c1c2cc(Cl)ccc2ncn1Cc1csc(-c2ccco2)n1. The van der Waals surface area contributed by atoms with Gasteiger partial charge >= 0.3 is 0 Å². The second-order valence-corrected chi connectivity index (χ2v) is 6.25. The Bertz CT molecular complexity index is 1040. The van der Waals surface area contributed by atoms with Crippen molar-refractivity contribution in [2.24, 2.45) is 0 Å². The number of rotatable bonds is 3. The predicted molar refractivity (Wildman–Crippen MR) is 89.9 cm³/mol. The van der Waals surface area contributed by atoms with E-state index in [0.717, 1.165) is 16.5 Å². The van der Waals surface area contributed by atoms with Crippen LogP contribution in [0, 0.1) is 0 Å². The van der Waals surface area contributed by atoms with Gasteiger partial charge in [-0.25, -0.2) is 9.97 Å². The van der Waals surface area contributed by atoms with E-state index in [1.165, 1.54) is 22.2 Å². The van der Waals surface area contributed by atoms with Crippen LogP contribution in [0.3, 0.4) is 0 Å². The Morgan fingerprint density at radius 3 is 3.04 bits per heavy atom. The molecule has 3 heterocycles. The molecule has 1 aromatic carbocycles. The van der Waals surface area contributed by atoms with Gasteiger partial charge in [-0.1, -0.05) is 11.6 Å². The molecule has 0 bridgehead atoms. The summed E-state index contributed by atoms with van der Waals surface area (Å²) in [5.74, 6) is 0.719. The number of halogens is 1. The number of thiazole rings is 1. The molecule has 3 aromatic heterocycles. The van der Waals surface area contributed by atoms with Crippen molar-refractivity contribution < 1.29 is 4.42 Å². The Balaban J connectivity index is 1.70. The maximum atomic E-state index is 12.5. The van der Waals surface area contributed by atoms with Gasteiger partial charge in [-0.2, -0.15) is 0 Å². The zero-order valence-corrected chi connectivity index (χ0v) is 13.3. The lowest BCUT2D eigenvalue weighted by molar-refractivity contribution is 0.581. The summed E-state index contributed by atoms with van der Waals surface area (Å²) in [6.45, 7) is 0.353. The quantitative estimate of drug-likeness (QED) is 0.567. The molecule has 4 aromatic rings. The first-order valence-corrected chi connectivity index (χ1v) is 8.09. The highest BCUT2D eigenvalue weighted by Crippen LogP contribution is 2.24. The molecule has 5 nitrogen and oxygen atoms in total. The van der Waals surface area contributed by atoms with Gasteiger partial charge in [-0.3, -0.25) is 9.36 Å². The normalized spacial score (nSPS) is 11.2. The van der Waals surface area contributed by atoms with E-state index >= 15 is 0 Å². The molecular formula is C16H10ClN3O2S. The van der Waals surface area contributed by atoms with E-state index in [1.807, 2.05) is 17.5 Å². The van der Waals surface area contributed by atoms with Crippen LogP contribution in [0.25, 0.3) is 21.7 Å². The lowest BCUT2D eigenvalue weighted by atomic mass is 10.2. The number of aromatic nitrogens is 3. The van der Waals surface area contributed by atoms with Crippen LogP contribution in [-0.4, -0.2) is 14.5 Å². The first kappa shape index (κ1) is 14.2. The summed E-state index contributed by atoms with van der Waals surface area (Å²) in [4.78, 5) is 21.3. The van der Waals surface area contributed by atoms with Crippen molar-refractivity contribution in [1.82, 2.24) is 14.5 Å². The topological polar surface area (TPSA) is 60.9 Å². The number of fused-ring (bicyclic) bond motifs is 1. The zero-order chi connectivity index (χ0) is 15.8. The highest BCUT2D eigenvalue weighted by Gasteiger charge is 2.10. The number of nitrogens with zero attached hydrogens (tertiary/aromatic N) is 3. The Kier molecular flexibility index (Phi) is 3.48. The van der Waals surface area contributed by atoms with Crippen molar-refractivity contribution in [2.75, 3.05) is 0 Å². The van der Waals surface area contributed by atoms with Gasteiger partial charge < -0.3 is 4.42 Å². The molecule has 0 N–H and O–H groups in total. The van der Waals surface area contributed by atoms with Gasteiger partial charge in [0.05, 0.1) is 35.7 Å². The summed E-state index contributed by atoms with van der Waals surface area (Å²) < 4.78 is 6.86. The second kappa shape index (κ2) is 5.64. The molecule has 0 saturated carbocycles. The first-order valence-electron chi connectivity index (χ1n) is 6.84. The zero-order valence-electron chi connectivity index (χ0n) is 11.8. The Morgan fingerprint density at radius 2 is 2.22 bits per heavy atom. The summed E-state index contributed by atoms with van der Waals surface area (Å²) in [5, 5.41) is 3.71. The molecule has 0 unspecified atom stereocenters. The van der Waals surface area contributed by atoms with Gasteiger partial charge in [-0.15, -0.1) is 11.3 Å². The fourth-order valence-corrected chi connectivity index (χ4v) is 3.26. The Morgan fingerprint density at radius 1 is 1.30 bits per heavy atom. The minimum atomic E-state index is -0.134. The predicted octanol–water partition coefficient (Wildman–Crippen LogP) is 3.81. The lowest BCUT2D eigenvalue weighted by Gasteiger charge is -2.04. The average Bonchev–Trinajstić information content (AvgIpc) is 3.22. The summed E-state index contributed by atoms with van der Waals surface area (Å²) in [6.07, 6.45) is 3.14. The second-order valence-electron chi connectivity index (χ2n) is 4.96. The van der Waals surface area contributed by atoms with E-state index in [0.29, 0.717) is 22.5 Å². The number of furan rings is 1. The molecule has 0 aliphatic rings. The summed E-state index contributed by atoms with van der Waals surface area (Å²) in [5.41, 5.74) is 1.28. The molecular weight excluding hydrogens is 334 g/mol. The van der Waals surface area contributed by atoms with E-state index in [2.05, 4.69) is 9.97 Å². The fraction of sp³-hybridized carbons (Fsp3) is 0.0625. The molecule has 4 rings (SSSR count). The van der Waals surface area contributed by atoms with E-state index in [4.69, 9.17) is 16.0 Å². The maximum absolute atomic E-state index is 12.5. The molecule has 0 aliphatic carbocycles. The molecule has 0 radical (unpaired) electrons. The molecule has 0 amide bonds. The van der Waals surface area contributed by atoms with Gasteiger partial charge in [0.25, 0.3) is 5.56 Å². The number of hydrogen-bond acceptors (Lipinski definition) is 5. The van der Waals surface area contributed by atoms with Crippen LogP contribution >= 0.6 is 22.9 Å². The van der Waals surface area contributed by atoms with E-state index < -0.39 is 0 Å². The average molecular weight is 344 g/mol. The van der Waals surface area contributed by atoms with Gasteiger partial charge in [0.1, 0.15) is 0 Å². The van der Waals surface area contributed by atoms with Gasteiger partial charge in [0, 0.05) is 10.4 Å². The molecule has 0 atom stereocenters. The van der Waals surface area contributed by atoms with Crippen molar-refractivity contribution in [2.45, 2.75) is 6.54 Å². The van der Waals surface area contributed by atoms with Gasteiger partial charge in [0.2, 0.25) is 0 Å². The van der Waals surface area contributed by atoms with Crippen molar-refractivity contribution in [1.29, 1.82) is 0 Å². The van der Waals surface area contributed by atoms with E-state index in [1.54, 1.807) is 24.5 Å². The molecule has 23 heavy (non-hydrogen) atoms. The minimum absolute atomic E-state index is 0.134. The van der Waals surface area contributed by atoms with Crippen LogP contribution in [0.2, 0.25) is 5.02 Å². The van der Waals surface area contributed by atoms with Crippen LogP contribution < -0.4 is 5.56 Å². The van der Waals surface area contributed by atoms with Crippen molar-refractivity contribution in [3.05, 3.63) is 69.4 Å². The van der Waals surface area contributed by atoms with Crippen molar-refractivity contribution in [3.63, 3.8) is 0 Å². The number of benzene rings is 1. The monoisotopic (exact) mass is 343 g/mol. The van der Waals surface area contributed by atoms with E-state index in [9.17, 15) is 4.79 Å². The van der Waals surface area contributed by atoms with Crippen LogP contribution in [0.15, 0.2) is 57.5 Å². The summed E-state index contributed by atoms with van der Waals surface area (Å²) in [7, 11) is 0. The smallest absolute Gasteiger partial charge is 0.261 e. The summed E-state index contributed by atoms with van der Waals surface area (Å²) >= 11 is 7.44. The largest absolute Gasteiger partial charge is 0.462 e. The third kappa shape index (κ3) is 2.67. The standard InChI is InChI=1S/C16H10ClN3O2S/c17-10-3-4-13-12(6-10)16(21)20(9-18-13)7-11-8-23-15(19-11)14-2-1-5-22-14/h1-6,8-9H,7H2. The maximum Gasteiger partial charge on any atom is 0.261 e. The van der Waals surface area contributed by atoms with Crippen LogP contribution in [-0.2, 0) is 6.54 Å². The minimum Gasteiger partial charge on any atom is -0.462 e. The Labute approximate surface area is 139 Å².